The van der Waals surface area contributed by atoms with Crippen LogP contribution in [0.5, 0.6) is 0 Å². The minimum atomic E-state index is -0.809. The number of amides is 5. The number of carbonyl (C=O) groups is 5. The van der Waals surface area contributed by atoms with E-state index in [1.165, 1.54) is 141 Å². The van der Waals surface area contributed by atoms with Gasteiger partial charge >= 0.3 is 0 Å². The molecule has 0 bridgehead atoms. The summed E-state index contributed by atoms with van der Waals surface area (Å²) in [4.78, 5) is 62.5. The fourth-order valence-corrected chi connectivity index (χ4v) is 7.82. The average Bonchev–Trinajstić information content (AvgIpc) is 3.28. The Labute approximate surface area is 399 Å². The molecule has 5 amide bonds. The lowest BCUT2D eigenvalue weighted by Crippen LogP contribution is -2.47. The maximum Gasteiger partial charge on any atom is 0.242 e. The van der Waals surface area contributed by atoms with Crippen LogP contribution in [0.3, 0.4) is 0 Å². The lowest BCUT2D eigenvalue weighted by atomic mass is 10.0. The van der Waals surface area contributed by atoms with Gasteiger partial charge in [0.25, 0.3) is 0 Å². The van der Waals surface area contributed by atoms with E-state index in [-0.39, 0.29) is 48.3 Å². The van der Waals surface area contributed by atoms with Gasteiger partial charge in [-0.15, -0.1) is 0 Å². The molecular weight excluding hydrogens is 819 g/mol. The van der Waals surface area contributed by atoms with E-state index in [0.29, 0.717) is 84.7 Å². The lowest BCUT2D eigenvalue weighted by molar-refractivity contribution is -0.130. The first-order chi connectivity index (χ1) is 31.7. The molecule has 0 saturated carbocycles. The van der Waals surface area contributed by atoms with Gasteiger partial charge in [0.1, 0.15) is 6.04 Å². The number of carbonyl (C=O) groups excluding carboxylic acids is 5. The first kappa shape index (κ1) is 62.3. The first-order valence-corrected chi connectivity index (χ1v) is 27.2. The Hall–Kier alpha value is -2.73. The highest BCUT2D eigenvalue weighted by atomic mass is 16.5. The van der Waals surface area contributed by atoms with Gasteiger partial charge in [-0.2, -0.15) is 0 Å². The molecule has 0 aliphatic carbocycles. The van der Waals surface area contributed by atoms with E-state index < -0.39 is 6.04 Å². The third-order valence-corrected chi connectivity index (χ3v) is 11.8. The van der Waals surface area contributed by atoms with Crippen LogP contribution < -0.4 is 26.6 Å². The standard InChI is InChI=1S/C53H103N5O7/c1-5-7-9-11-13-15-17-19-21-23-25-27-29-34-49(59)54-38-31-42-64-43-32-39-55-51(61)37-36-48(58-52(62)46-47(3)4)53(63)57-40-33-44-65-45-41-56-50(60)35-30-28-26-24-22-20-18-16-14-12-10-8-6-2/h47-48H,5-46H2,1-4H3,(H,54,59)(H,55,61)(H,56,60)(H,57,63)(H,58,62)/t48-/m0/s1. The van der Waals surface area contributed by atoms with Crippen LogP contribution in [0.1, 0.15) is 246 Å². The fourth-order valence-electron chi connectivity index (χ4n) is 7.82. The third-order valence-electron chi connectivity index (χ3n) is 11.8. The monoisotopic (exact) mass is 922 g/mol. The number of hydrogen-bond donors (Lipinski definition) is 5. The van der Waals surface area contributed by atoms with Crippen molar-refractivity contribution < 1.29 is 33.4 Å². The van der Waals surface area contributed by atoms with Crippen molar-refractivity contribution in [1.29, 1.82) is 0 Å². The van der Waals surface area contributed by atoms with Crippen molar-refractivity contribution in [3.63, 3.8) is 0 Å². The minimum Gasteiger partial charge on any atom is -0.381 e. The predicted octanol–water partition coefficient (Wildman–Crippen LogP) is 10.9. The zero-order chi connectivity index (χ0) is 47.7. The van der Waals surface area contributed by atoms with Crippen LogP contribution in [-0.4, -0.2) is 88.2 Å². The lowest BCUT2D eigenvalue weighted by Gasteiger charge is -2.19. The number of nitrogens with one attached hydrogen (secondary N) is 5. The minimum absolute atomic E-state index is 0.0665. The van der Waals surface area contributed by atoms with E-state index in [9.17, 15) is 24.0 Å². The molecule has 65 heavy (non-hydrogen) atoms. The van der Waals surface area contributed by atoms with E-state index >= 15 is 0 Å². The van der Waals surface area contributed by atoms with Gasteiger partial charge in [-0.05, 0) is 44.4 Å². The molecule has 382 valence electrons. The van der Waals surface area contributed by atoms with Gasteiger partial charge in [-0.1, -0.05) is 182 Å². The highest BCUT2D eigenvalue weighted by Gasteiger charge is 2.22. The second-order valence-electron chi connectivity index (χ2n) is 18.9. The summed E-state index contributed by atoms with van der Waals surface area (Å²) in [5.41, 5.74) is 0. The van der Waals surface area contributed by atoms with Gasteiger partial charge in [-0.3, -0.25) is 24.0 Å². The van der Waals surface area contributed by atoms with Crippen LogP contribution in [0, 0.1) is 5.92 Å². The van der Waals surface area contributed by atoms with Crippen molar-refractivity contribution in [2.75, 3.05) is 52.6 Å². The summed E-state index contributed by atoms with van der Waals surface area (Å²) in [5.74, 6) is -0.396. The fraction of sp³-hybridized carbons (Fsp3) is 0.906. The summed E-state index contributed by atoms with van der Waals surface area (Å²) >= 11 is 0. The van der Waals surface area contributed by atoms with Crippen molar-refractivity contribution in [2.45, 2.75) is 252 Å². The van der Waals surface area contributed by atoms with Gasteiger partial charge in [0.2, 0.25) is 29.5 Å². The molecule has 12 heteroatoms. The molecule has 12 nitrogen and oxygen atoms in total. The van der Waals surface area contributed by atoms with E-state index in [4.69, 9.17) is 9.47 Å². The normalized spacial score (nSPS) is 11.7. The Balaban J connectivity index is 3.93. The Kier molecular flexibility index (Phi) is 47.1. The molecule has 0 aromatic carbocycles. The third kappa shape index (κ3) is 47.6. The summed E-state index contributed by atoms with van der Waals surface area (Å²) in [6.07, 6.45) is 37.3. The highest BCUT2D eigenvalue weighted by Crippen LogP contribution is 2.14. The summed E-state index contributed by atoms with van der Waals surface area (Å²) in [5, 5.41) is 14.5. The SMILES string of the molecule is CCCCCCCCCCCCCCCC(=O)NCCCOCCCNC(=O)CC[C@H](NC(=O)CC(C)C)C(=O)NCCCOCCNC(=O)CCCCCCCCCCCCCCC. The van der Waals surface area contributed by atoms with Crippen molar-refractivity contribution in [3.05, 3.63) is 0 Å². The number of hydrogen-bond acceptors (Lipinski definition) is 7. The van der Waals surface area contributed by atoms with Crippen LogP contribution in [-0.2, 0) is 33.4 Å². The molecule has 0 aliphatic rings. The van der Waals surface area contributed by atoms with Gasteiger partial charge in [0.05, 0.1) is 6.61 Å². The van der Waals surface area contributed by atoms with Crippen molar-refractivity contribution in [2.24, 2.45) is 5.92 Å². The highest BCUT2D eigenvalue weighted by molar-refractivity contribution is 5.88. The van der Waals surface area contributed by atoms with Crippen LogP contribution in [0.4, 0.5) is 0 Å². The number of unbranched alkanes of at least 4 members (excludes halogenated alkanes) is 24. The molecule has 0 heterocycles. The van der Waals surface area contributed by atoms with Crippen molar-refractivity contribution in [3.8, 4) is 0 Å². The van der Waals surface area contributed by atoms with Gasteiger partial charge < -0.3 is 36.1 Å². The molecule has 0 radical (unpaired) electrons. The Morgan fingerprint density at radius 1 is 0.369 bits per heavy atom. The van der Waals surface area contributed by atoms with Gasteiger partial charge in [0, 0.05) is 71.7 Å². The van der Waals surface area contributed by atoms with Gasteiger partial charge in [0.15, 0.2) is 0 Å². The summed E-state index contributed by atoms with van der Waals surface area (Å²) in [7, 11) is 0. The molecule has 0 fully saturated rings. The largest absolute Gasteiger partial charge is 0.381 e. The van der Waals surface area contributed by atoms with Crippen molar-refractivity contribution >= 4 is 29.5 Å². The molecule has 0 rings (SSSR count). The van der Waals surface area contributed by atoms with E-state index in [2.05, 4.69) is 40.4 Å². The molecule has 0 aromatic rings. The Morgan fingerprint density at radius 3 is 1.11 bits per heavy atom. The molecule has 0 saturated heterocycles. The smallest absolute Gasteiger partial charge is 0.242 e. The quantitative estimate of drug-likeness (QED) is 0.0379. The molecule has 0 aliphatic heterocycles. The van der Waals surface area contributed by atoms with Crippen LogP contribution >= 0.6 is 0 Å². The summed E-state index contributed by atoms with van der Waals surface area (Å²) in [6, 6.07) is -0.809. The van der Waals surface area contributed by atoms with Crippen molar-refractivity contribution in [1.82, 2.24) is 26.6 Å². The van der Waals surface area contributed by atoms with Crippen LogP contribution in [0.2, 0.25) is 0 Å². The average molecular weight is 922 g/mol. The Morgan fingerprint density at radius 2 is 0.708 bits per heavy atom. The molecule has 0 spiro atoms. The van der Waals surface area contributed by atoms with Crippen LogP contribution in [0.25, 0.3) is 0 Å². The maximum atomic E-state index is 13.0. The molecule has 1 atom stereocenters. The molecule has 0 unspecified atom stereocenters. The van der Waals surface area contributed by atoms with E-state index in [0.717, 1.165) is 32.1 Å². The first-order valence-electron chi connectivity index (χ1n) is 27.2. The Bertz CT molecular complexity index is 1120. The van der Waals surface area contributed by atoms with Crippen LogP contribution in [0.15, 0.2) is 0 Å². The topological polar surface area (TPSA) is 164 Å². The zero-order valence-electron chi connectivity index (χ0n) is 42.7. The van der Waals surface area contributed by atoms with E-state index in [1.807, 2.05) is 13.8 Å². The maximum absolute atomic E-state index is 13.0. The zero-order valence-corrected chi connectivity index (χ0v) is 42.7. The van der Waals surface area contributed by atoms with E-state index in [1.54, 1.807) is 0 Å². The second-order valence-corrected chi connectivity index (χ2v) is 18.9. The number of rotatable bonds is 50. The summed E-state index contributed by atoms with van der Waals surface area (Å²) < 4.78 is 11.3. The second kappa shape index (κ2) is 49.2. The molecule has 0 aromatic heterocycles. The molecular formula is C53H103N5O7. The van der Waals surface area contributed by atoms with Gasteiger partial charge in [-0.25, -0.2) is 0 Å². The summed E-state index contributed by atoms with van der Waals surface area (Å²) in [6.45, 7) is 12.2. The number of ether oxygens (including phenoxy) is 2. The predicted molar refractivity (Wildman–Crippen MR) is 269 cm³/mol. The molecule has 5 N–H and O–H groups in total.